The maximum atomic E-state index is 12.8. The number of pyridine rings is 1. The lowest BCUT2D eigenvalue weighted by atomic mass is 10.00. The molecule has 0 bridgehead atoms. The fourth-order valence-corrected chi connectivity index (χ4v) is 4.26. The maximum absolute atomic E-state index is 12.8. The molecule has 0 aliphatic heterocycles. The van der Waals surface area contributed by atoms with Crippen LogP contribution in [0.4, 0.5) is 0 Å². The minimum atomic E-state index is -3.75. The average Bonchev–Trinajstić information content (AvgIpc) is 2.68. The predicted octanol–water partition coefficient (Wildman–Crippen LogP) is 4.16. The van der Waals surface area contributed by atoms with Crippen molar-refractivity contribution in [1.82, 2.24) is 4.98 Å². The van der Waals surface area contributed by atoms with Crippen molar-refractivity contribution in [2.45, 2.75) is 10.6 Å². The lowest BCUT2D eigenvalue weighted by Crippen LogP contribution is -2.11. The second kappa shape index (κ2) is 7.90. The maximum Gasteiger partial charge on any atom is 0.338 e. The SMILES string of the molecule is COC(=O)c1ccc(-c2ccccc2)cc1CS(=O)(=O)c1cncc(Cl)c1. The highest BCUT2D eigenvalue weighted by atomic mass is 35.5. The first-order valence-electron chi connectivity index (χ1n) is 8.00. The van der Waals surface area contributed by atoms with E-state index >= 15 is 0 Å². The Bertz CT molecular complexity index is 1080. The van der Waals surface area contributed by atoms with Crippen molar-refractivity contribution in [2.75, 3.05) is 7.11 Å². The summed E-state index contributed by atoms with van der Waals surface area (Å²) in [5.41, 5.74) is 2.27. The van der Waals surface area contributed by atoms with Crippen LogP contribution in [0.5, 0.6) is 0 Å². The topological polar surface area (TPSA) is 73.3 Å². The molecule has 7 heteroatoms. The van der Waals surface area contributed by atoms with Gasteiger partial charge in [-0.3, -0.25) is 4.98 Å². The third-order valence-corrected chi connectivity index (χ3v) is 5.84. The average molecular weight is 402 g/mol. The summed E-state index contributed by atoms with van der Waals surface area (Å²) in [4.78, 5) is 15.9. The van der Waals surface area contributed by atoms with Crippen molar-refractivity contribution in [1.29, 1.82) is 0 Å². The van der Waals surface area contributed by atoms with Gasteiger partial charge < -0.3 is 4.74 Å². The summed E-state index contributed by atoms with van der Waals surface area (Å²) in [7, 11) is -2.50. The molecule has 0 unspecified atom stereocenters. The number of sulfone groups is 1. The Morgan fingerprint density at radius 3 is 2.44 bits per heavy atom. The highest BCUT2D eigenvalue weighted by Crippen LogP contribution is 2.26. The minimum Gasteiger partial charge on any atom is -0.465 e. The van der Waals surface area contributed by atoms with Crippen LogP contribution in [-0.2, 0) is 20.3 Å². The van der Waals surface area contributed by atoms with E-state index in [0.29, 0.717) is 5.56 Å². The first-order valence-corrected chi connectivity index (χ1v) is 10.0. The summed E-state index contributed by atoms with van der Waals surface area (Å²) in [5, 5.41) is 0.224. The number of aromatic nitrogens is 1. The normalized spacial score (nSPS) is 11.2. The molecule has 138 valence electrons. The number of hydrogen-bond acceptors (Lipinski definition) is 5. The number of carbonyl (C=O) groups is 1. The number of esters is 1. The zero-order chi connectivity index (χ0) is 19.4. The van der Waals surface area contributed by atoms with Gasteiger partial charge in [-0.25, -0.2) is 13.2 Å². The molecule has 0 saturated heterocycles. The summed E-state index contributed by atoms with van der Waals surface area (Å²) in [6.07, 6.45) is 2.59. The van der Waals surface area contributed by atoms with E-state index in [0.717, 1.165) is 11.1 Å². The summed E-state index contributed by atoms with van der Waals surface area (Å²) in [6.45, 7) is 0. The van der Waals surface area contributed by atoms with Gasteiger partial charge in [-0.15, -0.1) is 0 Å². The van der Waals surface area contributed by atoms with E-state index in [1.54, 1.807) is 18.2 Å². The second-order valence-corrected chi connectivity index (χ2v) is 8.25. The molecule has 1 heterocycles. The number of methoxy groups -OCH3 is 1. The van der Waals surface area contributed by atoms with Gasteiger partial charge in [0.25, 0.3) is 0 Å². The zero-order valence-corrected chi connectivity index (χ0v) is 16.0. The lowest BCUT2D eigenvalue weighted by Gasteiger charge is -2.12. The van der Waals surface area contributed by atoms with Gasteiger partial charge in [-0.1, -0.05) is 48.0 Å². The lowest BCUT2D eigenvalue weighted by molar-refractivity contribution is 0.0600. The Hall–Kier alpha value is -2.70. The molecule has 1 aromatic heterocycles. The molecule has 27 heavy (non-hydrogen) atoms. The van der Waals surface area contributed by atoms with Gasteiger partial charge in [0.15, 0.2) is 9.84 Å². The summed E-state index contributed by atoms with van der Waals surface area (Å²) in [6, 6.07) is 15.9. The number of ether oxygens (including phenoxy) is 1. The van der Waals surface area contributed by atoms with Crippen LogP contribution in [0.15, 0.2) is 71.9 Å². The van der Waals surface area contributed by atoms with Crippen LogP contribution < -0.4 is 0 Å². The quantitative estimate of drug-likeness (QED) is 0.600. The van der Waals surface area contributed by atoms with Crippen LogP contribution in [-0.4, -0.2) is 26.5 Å². The molecule has 0 aliphatic rings. The molecule has 5 nitrogen and oxygen atoms in total. The highest BCUT2D eigenvalue weighted by molar-refractivity contribution is 7.90. The number of hydrogen-bond donors (Lipinski definition) is 0. The van der Waals surface area contributed by atoms with Gasteiger partial charge in [0.2, 0.25) is 0 Å². The third-order valence-electron chi connectivity index (χ3n) is 4.00. The van der Waals surface area contributed by atoms with E-state index in [1.807, 2.05) is 30.3 Å². The van der Waals surface area contributed by atoms with Crippen LogP contribution >= 0.6 is 11.6 Å². The monoisotopic (exact) mass is 401 g/mol. The molecule has 0 atom stereocenters. The molecule has 0 N–H and O–H groups in total. The molecule has 0 spiro atoms. The Labute approximate surface area is 162 Å². The largest absolute Gasteiger partial charge is 0.465 e. The first kappa shape index (κ1) is 19.1. The van der Waals surface area contributed by atoms with Crippen molar-refractivity contribution in [3.05, 3.63) is 83.1 Å². The van der Waals surface area contributed by atoms with E-state index in [2.05, 4.69) is 4.98 Å². The molecular weight excluding hydrogens is 386 g/mol. The smallest absolute Gasteiger partial charge is 0.338 e. The Morgan fingerprint density at radius 1 is 1.04 bits per heavy atom. The van der Waals surface area contributed by atoms with Crippen LogP contribution in [0.25, 0.3) is 11.1 Å². The molecule has 2 aromatic carbocycles. The van der Waals surface area contributed by atoms with Gasteiger partial charge in [-0.2, -0.15) is 0 Å². The number of carbonyl (C=O) groups excluding carboxylic acids is 1. The van der Waals surface area contributed by atoms with Crippen molar-refractivity contribution >= 4 is 27.4 Å². The van der Waals surface area contributed by atoms with E-state index in [9.17, 15) is 13.2 Å². The first-order chi connectivity index (χ1) is 12.9. The Kier molecular flexibility index (Phi) is 5.58. The molecule has 0 aliphatic carbocycles. The van der Waals surface area contributed by atoms with Gasteiger partial charge in [0, 0.05) is 12.4 Å². The number of benzene rings is 2. The second-order valence-electron chi connectivity index (χ2n) is 5.83. The van der Waals surface area contributed by atoms with Gasteiger partial charge >= 0.3 is 5.97 Å². The van der Waals surface area contributed by atoms with Gasteiger partial charge in [0.1, 0.15) is 0 Å². The van der Waals surface area contributed by atoms with E-state index in [4.69, 9.17) is 16.3 Å². The van der Waals surface area contributed by atoms with E-state index < -0.39 is 15.8 Å². The molecular formula is C20H16ClNO4S. The van der Waals surface area contributed by atoms with Crippen molar-refractivity contribution in [2.24, 2.45) is 0 Å². The predicted molar refractivity (Wildman–Crippen MR) is 103 cm³/mol. The van der Waals surface area contributed by atoms with E-state index in [-0.39, 0.29) is 21.2 Å². The molecule has 0 saturated carbocycles. The van der Waals surface area contributed by atoms with Crippen molar-refractivity contribution in [3.8, 4) is 11.1 Å². The standard InChI is InChI=1S/C20H16ClNO4S/c1-26-20(23)19-8-7-15(14-5-3-2-4-6-14)9-16(19)13-27(24,25)18-10-17(21)11-22-12-18/h2-12H,13H2,1H3. The van der Waals surface area contributed by atoms with Gasteiger partial charge in [-0.05, 0) is 34.9 Å². The highest BCUT2D eigenvalue weighted by Gasteiger charge is 2.21. The van der Waals surface area contributed by atoms with Crippen LogP contribution in [0.2, 0.25) is 5.02 Å². The number of rotatable bonds is 5. The van der Waals surface area contributed by atoms with Crippen LogP contribution in [0.3, 0.4) is 0 Å². The Morgan fingerprint density at radius 2 is 1.78 bits per heavy atom. The third kappa shape index (κ3) is 4.35. The van der Waals surface area contributed by atoms with Gasteiger partial charge in [0.05, 0.1) is 28.3 Å². The van der Waals surface area contributed by atoms with E-state index in [1.165, 1.54) is 25.6 Å². The van der Waals surface area contributed by atoms with Crippen molar-refractivity contribution in [3.63, 3.8) is 0 Å². The molecule has 0 fully saturated rings. The minimum absolute atomic E-state index is 0.00377. The fourth-order valence-electron chi connectivity index (χ4n) is 2.68. The fraction of sp³-hybridized carbons (Fsp3) is 0.100. The molecule has 3 aromatic rings. The van der Waals surface area contributed by atoms with Crippen molar-refractivity contribution < 1.29 is 17.9 Å². The molecule has 0 amide bonds. The molecule has 0 radical (unpaired) electrons. The van der Waals surface area contributed by atoms with Crippen LogP contribution in [0.1, 0.15) is 15.9 Å². The summed E-state index contributed by atoms with van der Waals surface area (Å²) < 4.78 is 30.4. The number of nitrogens with zero attached hydrogens (tertiary/aromatic N) is 1. The summed E-state index contributed by atoms with van der Waals surface area (Å²) in [5.74, 6) is -0.968. The molecule has 3 rings (SSSR count). The Balaban J connectivity index is 2.07. The number of halogens is 1. The zero-order valence-electron chi connectivity index (χ0n) is 14.4. The van der Waals surface area contributed by atoms with Crippen LogP contribution in [0, 0.1) is 0 Å². The summed E-state index contributed by atoms with van der Waals surface area (Å²) >= 11 is 5.86.